The first-order valence-corrected chi connectivity index (χ1v) is 11.1. The van der Waals surface area contributed by atoms with Crippen LogP contribution in [0.3, 0.4) is 0 Å². The molecule has 0 aliphatic carbocycles. The van der Waals surface area contributed by atoms with Crippen molar-refractivity contribution >= 4 is 32.7 Å². The van der Waals surface area contributed by atoms with Gasteiger partial charge in [-0.3, -0.25) is 0 Å². The van der Waals surface area contributed by atoms with Crippen LogP contribution in [-0.2, 0) is 7.05 Å². The van der Waals surface area contributed by atoms with Gasteiger partial charge >= 0.3 is 0 Å². The Hall–Kier alpha value is -4.49. The van der Waals surface area contributed by atoms with Crippen LogP contribution < -0.4 is 4.57 Å². The maximum atomic E-state index is 13.8. The first-order valence-electron chi connectivity index (χ1n) is 11.1. The molecule has 4 aromatic carbocycles. The fourth-order valence-electron chi connectivity index (χ4n) is 4.88. The van der Waals surface area contributed by atoms with E-state index in [1.807, 2.05) is 44.3 Å². The predicted octanol–water partition coefficient (Wildman–Crippen LogP) is 7.22. The van der Waals surface area contributed by atoms with Gasteiger partial charge in [0.25, 0.3) is 0 Å². The summed E-state index contributed by atoms with van der Waals surface area (Å²) < 4.78 is 22.2. The Balaban J connectivity index is 1.71. The van der Waals surface area contributed by atoms with Crippen molar-refractivity contribution in [1.82, 2.24) is 0 Å². The molecule has 0 radical (unpaired) electrons. The molecule has 0 aliphatic heterocycles. The number of pyridine rings is 1. The SMILES string of the molecule is Cc1ccc2c(oc3c(-c4ccc5ccccc5c4)c(C#N)ccc32)c1-c1ccc(F)c[n+]1C. The van der Waals surface area contributed by atoms with Crippen LogP contribution >= 0.6 is 0 Å². The van der Waals surface area contributed by atoms with Gasteiger partial charge in [0.05, 0.1) is 17.2 Å². The molecule has 0 atom stereocenters. The van der Waals surface area contributed by atoms with Crippen molar-refractivity contribution in [3.05, 3.63) is 102 Å². The Kier molecular flexibility index (Phi) is 4.46. The van der Waals surface area contributed by atoms with Gasteiger partial charge in [-0.15, -0.1) is 0 Å². The van der Waals surface area contributed by atoms with E-state index < -0.39 is 0 Å². The molecule has 0 saturated heterocycles. The second-order valence-corrected chi connectivity index (χ2v) is 8.62. The number of hydrogen-bond acceptors (Lipinski definition) is 2. The minimum atomic E-state index is -0.294. The third-order valence-electron chi connectivity index (χ3n) is 6.53. The number of rotatable bonds is 2. The molecule has 0 saturated carbocycles. The van der Waals surface area contributed by atoms with Gasteiger partial charge < -0.3 is 4.42 Å². The summed E-state index contributed by atoms with van der Waals surface area (Å²) in [7, 11) is 1.83. The largest absolute Gasteiger partial charge is 0.454 e. The fourth-order valence-corrected chi connectivity index (χ4v) is 4.88. The zero-order chi connectivity index (χ0) is 23.4. The second-order valence-electron chi connectivity index (χ2n) is 8.62. The van der Waals surface area contributed by atoms with E-state index >= 15 is 0 Å². The highest BCUT2D eigenvalue weighted by atomic mass is 19.1. The monoisotopic (exact) mass is 443 g/mol. The van der Waals surface area contributed by atoms with E-state index in [1.165, 1.54) is 12.3 Å². The van der Waals surface area contributed by atoms with Gasteiger partial charge in [0.2, 0.25) is 11.9 Å². The highest BCUT2D eigenvalue weighted by molar-refractivity contribution is 6.14. The molecule has 0 spiro atoms. The standard InChI is InChI=1S/C30H20FN2O/c1-18-7-12-24-25-13-10-22(16-32)28(21-9-8-19-5-3-4-6-20(19)15-21)30(25)34-29(24)27(18)26-14-11-23(31)17-33(26)2/h3-15,17H,1-2H3/q+1. The van der Waals surface area contributed by atoms with Crippen LogP contribution in [0.25, 0.3) is 55.1 Å². The van der Waals surface area contributed by atoms with Crippen molar-refractivity contribution in [3.8, 4) is 28.5 Å². The van der Waals surface area contributed by atoms with E-state index in [9.17, 15) is 9.65 Å². The average Bonchev–Trinajstić information content (AvgIpc) is 3.22. The zero-order valence-electron chi connectivity index (χ0n) is 18.8. The van der Waals surface area contributed by atoms with E-state index in [4.69, 9.17) is 4.42 Å². The summed E-state index contributed by atoms with van der Waals surface area (Å²) >= 11 is 0. The van der Waals surface area contributed by atoms with Crippen LogP contribution in [0.15, 0.2) is 89.5 Å². The Morgan fingerprint density at radius 2 is 1.56 bits per heavy atom. The lowest BCUT2D eigenvalue weighted by molar-refractivity contribution is -0.661. The number of aromatic nitrogens is 1. The molecule has 0 bridgehead atoms. The van der Waals surface area contributed by atoms with Gasteiger partial charge in [0.15, 0.2) is 5.82 Å². The molecule has 0 unspecified atom stereocenters. The number of nitriles is 1. The van der Waals surface area contributed by atoms with Crippen LogP contribution in [0.4, 0.5) is 4.39 Å². The number of furan rings is 1. The summed E-state index contributed by atoms with van der Waals surface area (Å²) in [5, 5.41) is 14.1. The van der Waals surface area contributed by atoms with E-state index in [2.05, 4.69) is 42.5 Å². The van der Waals surface area contributed by atoms with Crippen molar-refractivity contribution in [2.24, 2.45) is 7.05 Å². The lowest BCUT2D eigenvalue weighted by Gasteiger charge is -2.07. The normalized spacial score (nSPS) is 11.4. The van der Waals surface area contributed by atoms with Crippen molar-refractivity contribution in [2.75, 3.05) is 0 Å². The van der Waals surface area contributed by atoms with Gasteiger partial charge in [-0.1, -0.05) is 48.5 Å². The maximum Gasteiger partial charge on any atom is 0.216 e. The number of fused-ring (bicyclic) bond motifs is 4. The summed E-state index contributed by atoms with van der Waals surface area (Å²) in [4.78, 5) is 0. The first-order chi connectivity index (χ1) is 16.5. The van der Waals surface area contributed by atoms with Crippen LogP contribution in [-0.4, -0.2) is 0 Å². The Morgan fingerprint density at radius 1 is 0.824 bits per heavy atom. The summed E-state index contributed by atoms with van der Waals surface area (Å²) in [6.45, 7) is 2.02. The van der Waals surface area contributed by atoms with Gasteiger partial charge in [-0.05, 0) is 53.1 Å². The molecule has 34 heavy (non-hydrogen) atoms. The lowest BCUT2D eigenvalue weighted by atomic mass is 9.95. The van der Waals surface area contributed by atoms with E-state index in [0.29, 0.717) is 11.1 Å². The van der Waals surface area contributed by atoms with Crippen molar-refractivity contribution in [1.29, 1.82) is 5.26 Å². The van der Waals surface area contributed by atoms with E-state index in [-0.39, 0.29) is 5.82 Å². The molecule has 162 valence electrons. The summed E-state index contributed by atoms with van der Waals surface area (Å²) in [5.41, 5.74) is 6.50. The van der Waals surface area contributed by atoms with Crippen LogP contribution in [0.1, 0.15) is 11.1 Å². The fraction of sp³-hybridized carbons (Fsp3) is 0.0667. The quantitative estimate of drug-likeness (QED) is 0.265. The molecule has 0 N–H and O–H groups in total. The zero-order valence-corrected chi connectivity index (χ0v) is 18.8. The minimum Gasteiger partial charge on any atom is -0.454 e. The first kappa shape index (κ1) is 20.1. The van der Waals surface area contributed by atoms with E-state index in [0.717, 1.165) is 55.1 Å². The molecule has 4 heteroatoms. The Bertz CT molecular complexity index is 1810. The Morgan fingerprint density at radius 3 is 2.32 bits per heavy atom. The smallest absolute Gasteiger partial charge is 0.216 e. The molecule has 2 aromatic heterocycles. The second kappa shape index (κ2) is 7.54. The third-order valence-corrected chi connectivity index (χ3v) is 6.53. The predicted molar refractivity (Wildman–Crippen MR) is 133 cm³/mol. The molecule has 2 heterocycles. The molecule has 3 nitrogen and oxygen atoms in total. The highest BCUT2D eigenvalue weighted by Gasteiger charge is 2.23. The van der Waals surface area contributed by atoms with Crippen molar-refractivity contribution in [3.63, 3.8) is 0 Å². The van der Waals surface area contributed by atoms with Crippen LogP contribution in [0.5, 0.6) is 0 Å². The van der Waals surface area contributed by atoms with Gasteiger partial charge in [0.1, 0.15) is 18.2 Å². The molecular weight excluding hydrogens is 423 g/mol. The maximum absolute atomic E-state index is 13.8. The molecule has 0 aliphatic rings. The van der Waals surface area contributed by atoms with Gasteiger partial charge in [-0.25, -0.2) is 4.39 Å². The van der Waals surface area contributed by atoms with Crippen molar-refractivity contribution in [2.45, 2.75) is 6.92 Å². The average molecular weight is 444 g/mol. The van der Waals surface area contributed by atoms with Gasteiger partial charge in [-0.2, -0.15) is 9.83 Å². The molecule has 6 aromatic rings. The molecule has 0 amide bonds. The number of aryl methyl sites for hydroxylation is 2. The van der Waals surface area contributed by atoms with Crippen LogP contribution in [0, 0.1) is 24.1 Å². The van der Waals surface area contributed by atoms with E-state index in [1.54, 1.807) is 10.6 Å². The lowest BCUT2D eigenvalue weighted by Crippen LogP contribution is -2.31. The third kappa shape index (κ3) is 2.98. The molecular formula is C30H20FN2O+. The minimum absolute atomic E-state index is 0.294. The highest BCUT2D eigenvalue weighted by Crippen LogP contribution is 2.42. The summed E-state index contributed by atoms with van der Waals surface area (Å²) in [6, 6.07) is 27.9. The number of halogens is 1. The number of benzene rings is 4. The van der Waals surface area contributed by atoms with Crippen LogP contribution in [0.2, 0.25) is 0 Å². The molecule has 6 rings (SSSR count). The summed E-state index contributed by atoms with van der Waals surface area (Å²) in [5.74, 6) is -0.294. The summed E-state index contributed by atoms with van der Waals surface area (Å²) in [6.07, 6.45) is 1.46. The number of nitrogens with zero attached hydrogens (tertiary/aromatic N) is 2. The number of hydrogen-bond donors (Lipinski definition) is 0. The van der Waals surface area contributed by atoms with Gasteiger partial charge in [0, 0.05) is 22.4 Å². The Labute approximate surface area is 195 Å². The topological polar surface area (TPSA) is 40.8 Å². The molecule has 0 fully saturated rings. The van der Waals surface area contributed by atoms with Crippen molar-refractivity contribution < 1.29 is 13.4 Å².